The minimum atomic E-state index is -3.57. The molecule has 112 valence electrons. The molecule has 0 radical (unpaired) electrons. The van der Waals surface area contributed by atoms with Crippen molar-refractivity contribution in [2.45, 2.75) is 38.3 Å². The number of unbranched alkanes of at least 4 members (excludes halogenated alkanes) is 1. The van der Waals surface area contributed by atoms with Gasteiger partial charge in [-0.2, -0.15) is 0 Å². The minimum Gasteiger partial charge on any atom is -0.447 e. The fraction of sp³-hybridized carbons (Fsp3) is 0.571. The predicted molar refractivity (Wildman–Crippen MR) is 78.5 cm³/mol. The standard InChI is InChI=1S/C14H22N2O3S/c1-4-5-6-9-16-20(17,18)14-8-7-13(19-14)11-15-10-12(2)3/h1,7-8,12,15-16H,5-6,9-11H2,2-3H3. The summed E-state index contributed by atoms with van der Waals surface area (Å²) in [5, 5.41) is 3.14. The first kappa shape index (κ1) is 16.8. The van der Waals surface area contributed by atoms with Gasteiger partial charge in [-0.15, -0.1) is 12.3 Å². The van der Waals surface area contributed by atoms with Crippen LogP contribution in [0.3, 0.4) is 0 Å². The van der Waals surface area contributed by atoms with Crippen LogP contribution in [-0.4, -0.2) is 21.5 Å². The van der Waals surface area contributed by atoms with Gasteiger partial charge >= 0.3 is 0 Å². The van der Waals surface area contributed by atoms with Gasteiger partial charge in [-0.25, -0.2) is 13.1 Å². The number of rotatable bonds is 9. The molecule has 5 nitrogen and oxygen atoms in total. The molecule has 2 N–H and O–H groups in total. The summed E-state index contributed by atoms with van der Waals surface area (Å²) in [6, 6.07) is 3.14. The highest BCUT2D eigenvalue weighted by molar-refractivity contribution is 7.89. The van der Waals surface area contributed by atoms with E-state index in [2.05, 4.69) is 29.8 Å². The maximum atomic E-state index is 11.9. The fourth-order valence-electron chi connectivity index (χ4n) is 1.55. The molecule has 1 aromatic rings. The molecular weight excluding hydrogens is 276 g/mol. The van der Waals surface area contributed by atoms with Crippen LogP contribution in [0.1, 0.15) is 32.4 Å². The summed E-state index contributed by atoms with van der Waals surface area (Å²) in [7, 11) is -3.57. The van der Waals surface area contributed by atoms with Gasteiger partial charge < -0.3 is 9.73 Å². The van der Waals surface area contributed by atoms with Crippen LogP contribution in [0.15, 0.2) is 21.6 Å². The first-order valence-corrected chi connectivity index (χ1v) is 8.16. The highest BCUT2D eigenvalue weighted by Crippen LogP contribution is 2.13. The fourth-order valence-corrected chi connectivity index (χ4v) is 2.57. The lowest BCUT2D eigenvalue weighted by Crippen LogP contribution is -2.24. The zero-order valence-corrected chi connectivity index (χ0v) is 12.8. The van der Waals surface area contributed by atoms with Gasteiger partial charge in [-0.3, -0.25) is 0 Å². The molecule has 20 heavy (non-hydrogen) atoms. The molecule has 0 saturated heterocycles. The molecule has 1 aromatic heterocycles. The Labute approximate surface area is 121 Å². The van der Waals surface area contributed by atoms with Gasteiger partial charge in [-0.05, 0) is 31.0 Å². The van der Waals surface area contributed by atoms with E-state index in [-0.39, 0.29) is 5.09 Å². The molecule has 0 amide bonds. The predicted octanol–water partition coefficient (Wildman–Crippen LogP) is 1.72. The second-order valence-electron chi connectivity index (χ2n) is 4.95. The Bertz CT molecular complexity index is 541. The molecule has 0 atom stereocenters. The molecule has 6 heteroatoms. The smallest absolute Gasteiger partial charge is 0.273 e. The number of sulfonamides is 1. The summed E-state index contributed by atoms with van der Waals surface area (Å²) in [5.41, 5.74) is 0. The van der Waals surface area contributed by atoms with E-state index in [1.54, 1.807) is 6.07 Å². The summed E-state index contributed by atoms with van der Waals surface area (Å²) < 4.78 is 31.6. The zero-order valence-electron chi connectivity index (χ0n) is 12.0. The summed E-state index contributed by atoms with van der Waals surface area (Å²) in [4.78, 5) is 0. The Balaban J connectivity index is 2.50. The average Bonchev–Trinajstić information content (AvgIpc) is 2.84. The third-order valence-corrected chi connectivity index (χ3v) is 3.88. The second kappa shape index (κ2) is 8.10. The quantitative estimate of drug-likeness (QED) is 0.538. The van der Waals surface area contributed by atoms with Crippen molar-refractivity contribution < 1.29 is 12.8 Å². The largest absolute Gasteiger partial charge is 0.447 e. The van der Waals surface area contributed by atoms with Crippen LogP contribution in [0, 0.1) is 18.3 Å². The van der Waals surface area contributed by atoms with Crippen molar-refractivity contribution >= 4 is 10.0 Å². The van der Waals surface area contributed by atoms with E-state index in [0.717, 1.165) is 6.54 Å². The Morgan fingerprint density at radius 1 is 1.40 bits per heavy atom. The summed E-state index contributed by atoms with van der Waals surface area (Å²) in [6.45, 7) is 5.89. The summed E-state index contributed by atoms with van der Waals surface area (Å²) in [5.74, 6) is 3.60. The third-order valence-electron chi connectivity index (χ3n) is 2.54. The Kier molecular flexibility index (Phi) is 6.79. The Hall–Kier alpha value is -1.29. The van der Waals surface area contributed by atoms with Crippen molar-refractivity contribution in [3.05, 3.63) is 17.9 Å². The van der Waals surface area contributed by atoms with E-state index in [1.807, 2.05) is 0 Å². The first-order valence-electron chi connectivity index (χ1n) is 6.68. The molecule has 0 bridgehead atoms. The lowest BCUT2D eigenvalue weighted by atomic mass is 10.2. The monoisotopic (exact) mass is 298 g/mol. The molecule has 0 fully saturated rings. The van der Waals surface area contributed by atoms with Crippen molar-refractivity contribution in [2.75, 3.05) is 13.1 Å². The third kappa shape index (κ3) is 5.78. The molecule has 0 aliphatic rings. The van der Waals surface area contributed by atoms with Crippen molar-refractivity contribution in [3.63, 3.8) is 0 Å². The molecule has 0 spiro atoms. The van der Waals surface area contributed by atoms with E-state index in [0.29, 0.717) is 37.6 Å². The maximum Gasteiger partial charge on any atom is 0.273 e. The van der Waals surface area contributed by atoms with Crippen molar-refractivity contribution in [2.24, 2.45) is 5.92 Å². The van der Waals surface area contributed by atoms with Gasteiger partial charge in [0.05, 0.1) is 6.54 Å². The molecule has 0 aromatic carbocycles. The van der Waals surface area contributed by atoms with E-state index in [1.165, 1.54) is 6.07 Å². The number of hydrogen-bond acceptors (Lipinski definition) is 4. The number of nitrogens with one attached hydrogen (secondary N) is 2. The molecular formula is C14H22N2O3S. The highest BCUT2D eigenvalue weighted by Gasteiger charge is 2.17. The van der Waals surface area contributed by atoms with Gasteiger partial charge in [0, 0.05) is 13.0 Å². The van der Waals surface area contributed by atoms with Crippen LogP contribution in [0.25, 0.3) is 0 Å². The molecule has 0 aliphatic carbocycles. The number of furan rings is 1. The lowest BCUT2D eigenvalue weighted by Gasteiger charge is -2.05. The summed E-state index contributed by atoms with van der Waals surface area (Å²) >= 11 is 0. The molecule has 0 unspecified atom stereocenters. The summed E-state index contributed by atoms with van der Waals surface area (Å²) in [6.07, 6.45) is 6.26. The van der Waals surface area contributed by atoms with E-state index in [4.69, 9.17) is 10.8 Å². The van der Waals surface area contributed by atoms with Crippen LogP contribution in [0.2, 0.25) is 0 Å². The molecule has 0 saturated carbocycles. The van der Waals surface area contributed by atoms with E-state index in [9.17, 15) is 8.42 Å². The van der Waals surface area contributed by atoms with Crippen LogP contribution < -0.4 is 10.0 Å². The van der Waals surface area contributed by atoms with Gasteiger partial charge in [0.25, 0.3) is 10.0 Å². The SMILES string of the molecule is C#CCCCNS(=O)(=O)c1ccc(CNCC(C)C)o1. The molecule has 1 heterocycles. The molecule has 1 rings (SSSR count). The second-order valence-corrected chi connectivity index (χ2v) is 6.65. The number of terminal acetylenes is 1. The van der Waals surface area contributed by atoms with Crippen LogP contribution in [0.4, 0.5) is 0 Å². The topological polar surface area (TPSA) is 71.3 Å². The first-order chi connectivity index (χ1) is 9.45. The van der Waals surface area contributed by atoms with Crippen molar-refractivity contribution in [1.82, 2.24) is 10.0 Å². The zero-order chi connectivity index (χ0) is 15.0. The highest BCUT2D eigenvalue weighted by atomic mass is 32.2. The lowest BCUT2D eigenvalue weighted by molar-refractivity contribution is 0.394. The van der Waals surface area contributed by atoms with E-state index >= 15 is 0 Å². The van der Waals surface area contributed by atoms with Crippen LogP contribution in [-0.2, 0) is 16.6 Å². The Morgan fingerprint density at radius 2 is 2.15 bits per heavy atom. The van der Waals surface area contributed by atoms with Gasteiger partial charge in [0.15, 0.2) is 0 Å². The number of hydrogen-bond donors (Lipinski definition) is 2. The molecule has 0 aliphatic heterocycles. The average molecular weight is 298 g/mol. The van der Waals surface area contributed by atoms with Gasteiger partial charge in [-0.1, -0.05) is 13.8 Å². The van der Waals surface area contributed by atoms with Crippen LogP contribution in [0.5, 0.6) is 0 Å². The minimum absolute atomic E-state index is 0.0560. The van der Waals surface area contributed by atoms with Crippen molar-refractivity contribution in [3.8, 4) is 12.3 Å². The van der Waals surface area contributed by atoms with E-state index < -0.39 is 10.0 Å². The van der Waals surface area contributed by atoms with Crippen LogP contribution >= 0.6 is 0 Å². The maximum absolute atomic E-state index is 11.9. The van der Waals surface area contributed by atoms with Crippen molar-refractivity contribution in [1.29, 1.82) is 0 Å². The Morgan fingerprint density at radius 3 is 2.80 bits per heavy atom. The van der Waals surface area contributed by atoms with Gasteiger partial charge in [0.1, 0.15) is 5.76 Å². The normalized spacial score (nSPS) is 11.7. The van der Waals surface area contributed by atoms with Gasteiger partial charge in [0.2, 0.25) is 5.09 Å².